The van der Waals surface area contributed by atoms with E-state index in [-0.39, 0.29) is 6.42 Å². The Hall–Kier alpha value is -1.14. The van der Waals surface area contributed by atoms with Gasteiger partial charge in [0.25, 0.3) is 0 Å². The van der Waals surface area contributed by atoms with Crippen molar-refractivity contribution in [2.75, 3.05) is 27.4 Å². The van der Waals surface area contributed by atoms with Crippen LogP contribution in [0.3, 0.4) is 0 Å². The van der Waals surface area contributed by atoms with Crippen LogP contribution in [0.1, 0.15) is 13.3 Å². The third-order valence-electron chi connectivity index (χ3n) is 2.65. The van der Waals surface area contributed by atoms with E-state index < -0.39 is 36.5 Å². The van der Waals surface area contributed by atoms with Crippen molar-refractivity contribution in [1.82, 2.24) is 0 Å². The van der Waals surface area contributed by atoms with Gasteiger partial charge in [-0.15, -0.1) is 0 Å². The van der Waals surface area contributed by atoms with Crippen LogP contribution in [0, 0.1) is 11.3 Å². The van der Waals surface area contributed by atoms with E-state index in [1.165, 1.54) is 21.1 Å². The highest BCUT2D eigenvalue weighted by Gasteiger charge is 2.40. The SMILES string of the molecule is COC(=O)CC(C(=O)OC)C(C)(CO)CO. The summed E-state index contributed by atoms with van der Waals surface area (Å²) in [6.07, 6.45) is -0.235. The highest BCUT2D eigenvalue weighted by molar-refractivity contribution is 5.80. The zero-order chi connectivity index (χ0) is 12.8. The number of hydrogen-bond donors (Lipinski definition) is 2. The number of methoxy groups -OCH3 is 2. The van der Waals surface area contributed by atoms with Crippen molar-refractivity contribution in [2.24, 2.45) is 11.3 Å². The molecule has 0 rings (SSSR count). The number of aliphatic hydroxyl groups excluding tert-OH is 2. The van der Waals surface area contributed by atoms with Crippen LogP contribution in [0.25, 0.3) is 0 Å². The van der Waals surface area contributed by atoms with Crippen LogP contribution in [0.5, 0.6) is 0 Å². The predicted molar refractivity (Wildman–Crippen MR) is 54.4 cm³/mol. The minimum absolute atomic E-state index is 0.235. The third kappa shape index (κ3) is 3.46. The number of carbonyl (C=O) groups is 2. The number of aliphatic hydroxyl groups is 2. The second kappa shape index (κ2) is 6.44. The fourth-order valence-electron chi connectivity index (χ4n) is 1.28. The van der Waals surface area contributed by atoms with Gasteiger partial charge in [0.1, 0.15) is 0 Å². The van der Waals surface area contributed by atoms with Crippen LogP contribution in [0.2, 0.25) is 0 Å². The molecular weight excluding hydrogens is 216 g/mol. The highest BCUT2D eigenvalue weighted by atomic mass is 16.5. The monoisotopic (exact) mass is 234 g/mol. The molecule has 0 aromatic rings. The molecule has 0 aromatic carbocycles. The van der Waals surface area contributed by atoms with E-state index in [1.54, 1.807) is 0 Å². The summed E-state index contributed by atoms with van der Waals surface area (Å²) in [7, 11) is 2.38. The molecule has 6 heteroatoms. The van der Waals surface area contributed by atoms with E-state index in [9.17, 15) is 9.59 Å². The maximum absolute atomic E-state index is 11.5. The van der Waals surface area contributed by atoms with Gasteiger partial charge in [0, 0.05) is 5.41 Å². The van der Waals surface area contributed by atoms with Crippen LogP contribution in [0.4, 0.5) is 0 Å². The number of rotatable bonds is 6. The predicted octanol–water partition coefficient (Wildman–Crippen LogP) is -0.670. The lowest BCUT2D eigenvalue weighted by Gasteiger charge is -2.31. The van der Waals surface area contributed by atoms with Gasteiger partial charge in [-0.1, -0.05) is 6.92 Å². The minimum atomic E-state index is -1.11. The van der Waals surface area contributed by atoms with E-state index in [4.69, 9.17) is 10.2 Å². The van der Waals surface area contributed by atoms with Gasteiger partial charge in [-0.25, -0.2) is 0 Å². The Labute approximate surface area is 94.2 Å². The molecule has 0 aliphatic rings. The van der Waals surface area contributed by atoms with E-state index in [0.717, 1.165) is 0 Å². The van der Waals surface area contributed by atoms with Crippen molar-refractivity contribution in [3.63, 3.8) is 0 Å². The molecule has 94 valence electrons. The molecule has 2 N–H and O–H groups in total. The van der Waals surface area contributed by atoms with E-state index in [1.807, 2.05) is 0 Å². The lowest BCUT2D eigenvalue weighted by molar-refractivity contribution is -0.159. The summed E-state index contributed by atoms with van der Waals surface area (Å²) in [4.78, 5) is 22.6. The summed E-state index contributed by atoms with van der Waals surface area (Å²) in [5.74, 6) is -2.18. The van der Waals surface area contributed by atoms with Gasteiger partial charge in [-0.2, -0.15) is 0 Å². The van der Waals surface area contributed by atoms with Crippen molar-refractivity contribution in [3.8, 4) is 0 Å². The standard InChI is InChI=1S/C10H18O6/c1-10(5-11,6-12)7(9(14)16-3)4-8(13)15-2/h7,11-12H,4-6H2,1-3H3. The fourth-order valence-corrected chi connectivity index (χ4v) is 1.28. The Balaban J connectivity index is 4.92. The van der Waals surface area contributed by atoms with Gasteiger partial charge < -0.3 is 19.7 Å². The van der Waals surface area contributed by atoms with E-state index in [0.29, 0.717) is 0 Å². The van der Waals surface area contributed by atoms with Crippen molar-refractivity contribution in [1.29, 1.82) is 0 Å². The van der Waals surface area contributed by atoms with Crippen molar-refractivity contribution >= 4 is 11.9 Å². The van der Waals surface area contributed by atoms with Gasteiger partial charge in [-0.3, -0.25) is 9.59 Å². The van der Waals surface area contributed by atoms with Crippen molar-refractivity contribution in [3.05, 3.63) is 0 Å². The summed E-state index contributed by atoms with van der Waals surface area (Å²) in [5.41, 5.74) is -1.11. The third-order valence-corrected chi connectivity index (χ3v) is 2.65. The molecule has 0 radical (unpaired) electrons. The first kappa shape index (κ1) is 14.9. The molecule has 0 heterocycles. The Morgan fingerprint density at radius 1 is 1.19 bits per heavy atom. The topological polar surface area (TPSA) is 93.1 Å². The zero-order valence-corrected chi connectivity index (χ0v) is 9.73. The maximum Gasteiger partial charge on any atom is 0.309 e. The Morgan fingerprint density at radius 3 is 2.00 bits per heavy atom. The number of carbonyl (C=O) groups excluding carboxylic acids is 2. The van der Waals surface area contributed by atoms with Gasteiger partial charge in [-0.05, 0) is 0 Å². The fraction of sp³-hybridized carbons (Fsp3) is 0.800. The first-order valence-electron chi connectivity index (χ1n) is 4.81. The molecular formula is C10H18O6. The summed E-state index contributed by atoms with van der Waals surface area (Å²) < 4.78 is 8.99. The molecule has 0 saturated carbocycles. The van der Waals surface area contributed by atoms with E-state index in [2.05, 4.69) is 9.47 Å². The molecule has 0 amide bonds. The van der Waals surface area contributed by atoms with Crippen LogP contribution in [-0.2, 0) is 19.1 Å². The molecule has 0 saturated heterocycles. The zero-order valence-electron chi connectivity index (χ0n) is 9.73. The molecule has 16 heavy (non-hydrogen) atoms. The maximum atomic E-state index is 11.5. The molecule has 1 unspecified atom stereocenters. The molecule has 0 aliphatic heterocycles. The second-order valence-electron chi connectivity index (χ2n) is 3.83. The van der Waals surface area contributed by atoms with Crippen molar-refractivity contribution < 1.29 is 29.3 Å². The molecule has 6 nitrogen and oxygen atoms in total. The molecule has 0 aliphatic carbocycles. The normalized spacial score (nSPS) is 13.1. The van der Waals surface area contributed by atoms with Crippen LogP contribution in [0.15, 0.2) is 0 Å². The van der Waals surface area contributed by atoms with Crippen LogP contribution in [-0.4, -0.2) is 49.6 Å². The van der Waals surface area contributed by atoms with Gasteiger partial charge in [0.05, 0.1) is 39.8 Å². The molecule has 0 bridgehead atoms. The van der Waals surface area contributed by atoms with Gasteiger partial charge in [0.2, 0.25) is 0 Å². The highest BCUT2D eigenvalue weighted by Crippen LogP contribution is 2.30. The lowest BCUT2D eigenvalue weighted by Crippen LogP contribution is -2.41. The van der Waals surface area contributed by atoms with Crippen molar-refractivity contribution in [2.45, 2.75) is 13.3 Å². The smallest absolute Gasteiger partial charge is 0.309 e. The van der Waals surface area contributed by atoms with Crippen LogP contribution < -0.4 is 0 Å². The first-order valence-corrected chi connectivity index (χ1v) is 4.81. The number of ether oxygens (including phenoxy) is 2. The molecule has 0 fully saturated rings. The summed E-state index contributed by atoms with van der Waals surface area (Å²) >= 11 is 0. The van der Waals surface area contributed by atoms with Gasteiger partial charge in [0.15, 0.2) is 0 Å². The summed E-state index contributed by atoms with van der Waals surface area (Å²) in [5, 5.41) is 18.3. The largest absolute Gasteiger partial charge is 0.469 e. The minimum Gasteiger partial charge on any atom is -0.469 e. The number of hydrogen-bond acceptors (Lipinski definition) is 6. The van der Waals surface area contributed by atoms with Gasteiger partial charge >= 0.3 is 11.9 Å². The Kier molecular flexibility index (Phi) is 5.98. The average molecular weight is 234 g/mol. The number of esters is 2. The summed E-state index contributed by atoms with van der Waals surface area (Å²) in [6.45, 7) is 0.637. The Bertz CT molecular complexity index is 246. The summed E-state index contributed by atoms with van der Waals surface area (Å²) in [6, 6.07) is 0. The lowest BCUT2D eigenvalue weighted by atomic mass is 9.76. The molecule has 1 atom stereocenters. The second-order valence-corrected chi connectivity index (χ2v) is 3.83. The van der Waals surface area contributed by atoms with Crippen LogP contribution >= 0.6 is 0 Å². The Morgan fingerprint density at radius 2 is 1.69 bits per heavy atom. The molecule has 0 spiro atoms. The average Bonchev–Trinajstić information content (AvgIpc) is 2.33. The first-order chi connectivity index (χ1) is 7.45. The van der Waals surface area contributed by atoms with E-state index >= 15 is 0 Å². The quantitative estimate of drug-likeness (QED) is 0.592. The molecule has 0 aromatic heterocycles.